The topological polar surface area (TPSA) is 76.7 Å². The lowest BCUT2D eigenvalue weighted by Gasteiger charge is -2.32. The van der Waals surface area contributed by atoms with Gasteiger partial charge in [-0.05, 0) is 57.6 Å². The lowest BCUT2D eigenvalue weighted by molar-refractivity contribution is 0.0453. The summed E-state index contributed by atoms with van der Waals surface area (Å²) in [6.45, 7) is 5.61. The van der Waals surface area contributed by atoms with Crippen LogP contribution in [0.5, 0.6) is 0 Å². The van der Waals surface area contributed by atoms with E-state index in [1.807, 2.05) is 51.3 Å². The van der Waals surface area contributed by atoms with Gasteiger partial charge in [0.05, 0.1) is 11.2 Å². The molecule has 1 amide bonds. The minimum absolute atomic E-state index is 0.373. The zero-order chi connectivity index (χ0) is 17.8. The van der Waals surface area contributed by atoms with Crippen molar-refractivity contribution in [3.63, 3.8) is 0 Å². The number of hydrogen-bond donors (Lipinski definition) is 2. The molecule has 2 rings (SSSR count). The van der Waals surface area contributed by atoms with Crippen molar-refractivity contribution in [1.82, 2.24) is 5.32 Å². The number of hydrogen-bond acceptors (Lipinski definition) is 4. The van der Waals surface area contributed by atoms with Crippen molar-refractivity contribution < 1.29 is 9.53 Å². The number of nitrogens with one attached hydrogen (secondary N) is 1. The molecule has 5 nitrogen and oxygen atoms in total. The number of amides is 1. The molecule has 0 spiro atoms. The Morgan fingerprint density at radius 2 is 2.00 bits per heavy atom. The van der Waals surface area contributed by atoms with Crippen molar-refractivity contribution in [3.8, 4) is 0 Å². The molecule has 24 heavy (non-hydrogen) atoms. The van der Waals surface area contributed by atoms with Crippen LogP contribution >= 0.6 is 11.8 Å². The van der Waals surface area contributed by atoms with E-state index in [0.717, 1.165) is 36.9 Å². The van der Waals surface area contributed by atoms with E-state index in [2.05, 4.69) is 10.3 Å². The van der Waals surface area contributed by atoms with Crippen LogP contribution in [0, 0.1) is 0 Å². The summed E-state index contributed by atoms with van der Waals surface area (Å²) in [6, 6.07) is 7.92. The molecule has 1 aliphatic carbocycles. The van der Waals surface area contributed by atoms with E-state index < -0.39 is 5.60 Å². The van der Waals surface area contributed by atoms with Gasteiger partial charge in [-0.1, -0.05) is 36.7 Å². The molecule has 0 bridgehead atoms. The first-order valence-electron chi connectivity index (χ1n) is 8.24. The third kappa shape index (κ3) is 4.90. The number of thioether (sulfide) groups is 1. The fourth-order valence-corrected chi connectivity index (χ4v) is 3.21. The van der Waals surface area contributed by atoms with Gasteiger partial charge in [0, 0.05) is 0 Å². The number of amidine groups is 1. The molecule has 1 fully saturated rings. The molecule has 132 valence electrons. The molecule has 0 heterocycles. The Morgan fingerprint density at radius 3 is 2.58 bits per heavy atom. The molecule has 0 unspecified atom stereocenters. The minimum atomic E-state index is -0.511. The molecule has 0 aliphatic heterocycles. The van der Waals surface area contributed by atoms with Crippen molar-refractivity contribution in [3.05, 3.63) is 29.8 Å². The largest absolute Gasteiger partial charge is 0.444 e. The first kappa shape index (κ1) is 18.6. The zero-order valence-electron chi connectivity index (χ0n) is 14.9. The summed E-state index contributed by atoms with van der Waals surface area (Å²) in [4.78, 5) is 16.7. The van der Waals surface area contributed by atoms with Crippen LogP contribution < -0.4 is 11.1 Å². The van der Waals surface area contributed by atoms with Gasteiger partial charge >= 0.3 is 6.09 Å². The number of aliphatic imine (C=N–C) groups is 1. The standard InChI is InChI=1S/C18H27N3O2S/c1-17(2,3)23-16(22)21-18(10-5-6-11-18)13-8-7-9-14(12-13)20-15(19)24-4/h7-9,12H,5-6,10-11H2,1-4H3,(H2,19,20)(H,21,22). The predicted octanol–water partition coefficient (Wildman–Crippen LogP) is 4.29. The molecule has 1 aliphatic rings. The van der Waals surface area contributed by atoms with Crippen LogP contribution in [0.4, 0.5) is 10.5 Å². The van der Waals surface area contributed by atoms with Crippen LogP contribution in [-0.2, 0) is 10.3 Å². The summed E-state index contributed by atoms with van der Waals surface area (Å²) in [6.07, 6.45) is 5.48. The Balaban J connectivity index is 2.27. The summed E-state index contributed by atoms with van der Waals surface area (Å²) in [7, 11) is 0. The lowest BCUT2D eigenvalue weighted by atomic mass is 9.88. The Labute approximate surface area is 148 Å². The highest BCUT2D eigenvalue weighted by molar-refractivity contribution is 8.13. The third-order valence-electron chi connectivity index (χ3n) is 4.04. The van der Waals surface area contributed by atoms with Crippen LogP contribution in [0.1, 0.15) is 52.0 Å². The van der Waals surface area contributed by atoms with Crippen molar-refractivity contribution in [1.29, 1.82) is 0 Å². The van der Waals surface area contributed by atoms with E-state index >= 15 is 0 Å². The summed E-state index contributed by atoms with van der Waals surface area (Å²) >= 11 is 1.41. The molecular formula is C18H27N3O2S. The smallest absolute Gasteiger partial charge is 0.408 e. The number of benzene rings is 1. The quantitative estimate of drug-likeness (QED) is 0.630. The number of carbonyl (C=O) groups excluding carboxylic acids is 1. The number of alkyl carbamates (subject to hydrolysis) is 1. The molecule has 0 aromatic heterocycles. The maximum atomic E-state index is 12.3. The van der Waals surface area contributed by atoms with Crippen molar-refractivity contribution >= 4 is 28.7 Å². The number of ether oxygens (including phenoxy) is 1. The van der Waals surface area contributed by atoms with Gasteiger partial charge in [0.15, 0.2) is 5.17 Å². The lowest BCUT2D eigenvalue weighted by Crippen LogP contribution is -2.46. The Hall–Kier alpha value is -1.69. The van der Waals surface area contributed by atoms with Gasteiger partial charge in [-0.3, -0.25) is 0 Å². The molecule has 0 radical (unpaired) electrons. The van der Waals surface area contributed by atoms with Crippen molar-refractivity contribution in [2.24, 2.45) is 10.7 Å². The third-order valence-corrected chi connectivity index (χ3v) is 4.55. The molecule has 3 N–H and O–H groups in total. The molecule has 1 aromatic carbocycles. The highest BCUT2D eigenvalue weighted by Crippen LogP contribution is 2.40. The average Bonchev–Trinajstić information content (AvgIpc) is 2.95. The van der Waals surface area contributed by atoms with Crippen LogP contribution in [0.15, 0.2) is 29.3 Å². The highest BCUT2D eigenvalue weighted by atomic mass is 32.2. The van der Waals surface area contributed by atoms with Gasteiger partial charge < -0.3 is 15.8 Å². The van der Waals surface area contributed by atoms with E-state index in [9.17, 15) is 4.79 Å². The van der Waals surface area contributed by atoms with Gasteiger partial charge in [0.2, 0.25) is 0 Å². The average molecular weight is 350 g/mol. The molecule has 1 aromatic rings. The normalized spacial score (nSPS) is 17.6. The van der Waals surface area contributed by atoms with Gasteiger partial charge in [0.25, 0.3) is 0 Å². The van der Waals surface area contributed by atoms with Crippen LogP contribution in [-0.4, -0.2) is 23.1 Å². The van der Waals surface area contributed by atoms with Crippen LogP contribution in [0.2, 0.25) is 0 Å². The fourth-order valence-electron chi connectivity index (χ4n) is 3.01. The van der Waals surface area contributed by atoms with Gasteiger partial charge in [0.1, 0.15) is 5.60 Å². The van der Waals surface area contributed by atoms with Gasteiger partial charge in [-0.25, -0.2) is 9.79 Å². The predicted molar refractivity (Wildman–Crippen MR) is 101 cm³/mol. The van der Waals surface area contributed by atoms with Crippen molar-refractivity contribution in [2.45, 2.75) is 57.6 Å². The first-order chi connectivity index (χ1) is 11.2. The van der Waals surface area contributed by atoms with Crippen molar-refractivity contribution in [2.75, 3.05) is 6.26 Å². The van der Waals surface area contributed by atoms with Crippen LogP contribution in [0.3, 0.4) is 0 Å². The first-order valence-corrected chi connectivity index (χ1v) is 9.46. The zero-order valence-corrected chi connectivity index (χ0v) is 15.7. The van der Waals surface area contributed by atoms with E-state index in [1.165, 1.54) is 11.8 Å². The van der Waals surface area contributed by atoms with Gasteiger partial charge in [-0.15, -0.1) is 0 Å². The summed E-state index contributed by atoms with van der Waals surface area (Å²) < 4.78 is 5.46. The number of rotatable bonds is 3. The maximum absolute atomic E-state index is 12.3. The Kier molecular flexibility index (Phi) is 5.80. The van der Waals surface area contributed by atoms with E-state index in [4.69, 9.17) is 10.5 Å². The molecule has 1 saturated carbocycles. The minimum Gasteiger partial charge on any atom is -0.444 e. The molecule has 0 saturated heterocycles. The summed E-state index contributed by atoms with van der Waals surface area (Å²) in [5, 5.41) is 3.63. The fraction of sp³-hybridized carbons (Fsp3) is 0.556. The van der Waals surface area contributed by atoms with Crippen LogP contribution in [0.25, 0.3) is 0 Å². The number of nitrogens with two attached hydrogens (primary N) is 1. The maximum Gasteiger partial charge on any atom is 0.408 e. The van der Waals surface area contributed by atoms with E-state index in [1.54, 1.807) is 0 Å². The second-order valence-corrected chi connectivity index (χ2v) is 7.95. The highest BCUT2D eigenvalue weighted by Gasteiger charge is 2.38. The Morgan fingerprint density at radius 1 is 1.33 bits per heavy atom. The van der Waals surface area contributed by atoms with E-state index in [-0.39, 0.29) is 11.6 Å². The molecular weight excluding hydrogens is 322 g/mol. The SMILES string of the molecule is CSC(N)=Nc1cccc(C2(NC(=O)OC(C)(C)C)CCCC2)c1. The number of carbonyl (C=O) groups is 1. The molecule has 6 heteroatoms. The number of nitrogens with zero attached hydrogens (tertiary/aromatic N) is 1. The molecule has 0 atom stereocenters. The monoisotopic (exact) mass is 349 g/mol. The Bertz CT molecular complexity index is 617. The summed E-state index contributed by atoms with van der Waals surface area (Å²) in [5.74, 6) is 0. The second kappa shape index (κ2) is 7.47. The second-order valence-electron chi connectivity index (χ2n) is 7.12. The van der Waals surface area contributed by atoms with Gasteiger partial charge in [-0.2, -0.15) is 0 Å². The van der Waals surface area contributed by atoms with E-state index in [0.29, 0.717) is 5.17 Å². The summed E-state index contributed by atoms with van der Waals surface area (Å²) in [5.41, 5.74) is 6.78.